The molecule has 0 N–H and O–H groups in total. The predicted molar refractivity (Wildman–Crippen MR) is 209 cm³/mol. The monoisotopic (exact) mass is 658 g/mol. The maximum absolute atomic E-state index is 5.06. The van der Waals surface area contributed by atoms with Crippen molar-refractivity contribution < 1.29 is 0 Å². The van der Waals surface area contributed by atoms with Crippen molar-refractivity contribution in [2.45, 2.75) is 0 Å². The number of benzene rings is 7. The van der Waals surface area contributed by atoms with Crippen LogP contribution in [0.2, 0.25) is 0 Å². The Bertz CT molecular complexity index is 2510. The molecule has 0 fully saturated rings. The highest BCUT2D eigenvalue weighted by Gasteiger charge is 2.19. The van der Waals surface area contributed by atoms with Crippen molar-refractivity contribution in [1.82, 2.24) is 15.0 Å². The Morgan fingerprint density at radius 2 is 0.860 bits per heavy atom. The third-order valence-electron chi connectivity index (χ3n) is 8.93. The van der Waals surface area contributed by atoms with Crippen molar-refractivity contribution in [1.29, 1.82) is 0 Å². The molecule has 0 amide bonds. The largest absolute Gasteiger partial charge is 0.310 e. The maximum Gasteiger partial charge on any atom is 0.164 e. The normalized spacial score (nSPS) is 11.2. The van der Waals surface area contributed by atoms with Gasteiger partial charge in [0.25, 0.3) is 0 Å². The molecule has 0 bridgehead atoms. The number of thiophene rings is 1. The van der Waals surface area contributed by atoms with E-state index in [0.717, 1.165) is 39.1 Å². The maximum atomic E-state index is 5.06. The standard InChI is InChI=1S/C45H30N4S/c1-5-14-31(15-6-1)32-24-26-36(27-25-32)49(35-20-11-4-12-21-35)37-28-29-38-41(30-37)50-40-23-13-22-39(42(38)40)45-47-43(33-16-7-2-8-17-33)46-44(48-45)34-18-9-3-10-19-34/h1-30H. The van der Waals surface area contributed by atoms with Gasteiger partial charge < -0.3 is 4.90 Å². The number of hydrogen-bond acceptors (Lipinski definition) is 5. The molecule has 50 heavy (non-hydrogen) atoms. The molecular formula is C45H30N4S. The smallest absolute Gasteiger partial charge is 0.164 e. The van der Waals surface area contributed by atoms with Crippen LogP contribution >= 0.6 is 11.3 Å². The lowest BCUT2D eigenvalue weighted by atomic mass is 10.0. The zero-order chi connectivity index (χ0) is 33.3. The van der Waals surface area contributed by atoms with Gasteiger partial charge in [-0.15, -0.1) is 11.3 Å². The first-order valence-electron chi connectivity index (χ1n) is 16.6. The SMILES string of the molecule is c1ccc(-c2ccc(N(c3ccccc3)c3ccc4c(c3)sc3cccc(-c5nc(-c6ccccc6)nc(-c6ccccc6)n5)c34)cc2)cc1. The molecule has 9 rings (SSSR count). The zero-order valence-electron chi connectivity index (χ0n) is 27.0. The second-order valence-corrected chi connectivity index (χ2v) is 13.2. The van der Waals surface area contributed by atoms with Gasteiger partial charge in [0.15, 0.2) is 17.5 Å². The fourth-order valence-electron chi connectivity index (χ4n) is 6.53. The lowest BCUT2D eigenvalue weighted by Gasteiger charge is -2.25. The Morgan fingerprint density at radius 3 is 1.48 bits per heavy atom. The minimum atomic E-state index is 0.657. The lowest BCUT2D eigenvalue weighted by molar-refractivity contribution is 1.08. The van der Waals surface area contributed by atoms with Crippen LogP contribution in [0.15, 0.2) is 182 Å². The highest BCUT2D eigenvalue weighted by atomic mass is 32.1. The van der Waals surface area contributed by atoms with Gasteiger partial charge in [0, 0.05) is 53.9 Å². The van der Waals surface area contributed by atoms with Crippen molar-refractivity contribution in [3.63, 3.8) is 0 Å². The van der Waals surface area contributed by atoms with Crippen LogP contribution < -0.4 is 4.90 Å². The summed E-state index contributed by atoms with van der Waals surface area (Å²) in [5.74, 6) is 1.98. The first-order chi connectivity index (χ1) is 24.8. The summed E-state index contributed by atoms with van der Waals surface area (Å²) < 4.78 is 2.39. The van der Waals surface area contributed by atoms with Crippen LogP contribution in [0.3, 0.4) is 0 Å². The first-order valence-corrected chi connectivity index (χ1v) is 17.4. The van der Waals surface area contributed by atoms with Crippen molar-refractivity contribution in [3.05, 3.63) is 182 Å². The molecule has 0 aliphatic heterocycles. The van der Waals surface area contributed by atoms with Gasteiger partial charge in [-0.3, -0.25) is 0 Å². The molecule has 2 aromatic heterocycles. The number of fused-ring (bicyclic) bond motifs is 3. The average Bonchev–Trinajstić information content (AvgIpc) is 3.58. The average molecular weight is 659 g/mol. The third-order valence-corrected chi connectivity index (χ3v) is 10.0. The predicted octanol–water partition coefficient (Wildman–Crippen LogP) is 12.4. The summed E-state index contributed by atoms with van der Waals surface area (Å²) >= 11 is 1.80. The van der Waals surface area contributed by atoms with Gasteiger partial charge in [-0.05, 0) is 53.6 Å². The van der Waals surface area contributed by atoms with E-state index in [1.807, 2.05) is 60.7 Å². The molecule has 5 heteroatoms. The van der Waals surface area contributed by atoms with Crippen molar-refractivity contribution in [2.24, 2.45) is 0 Å². The van der Waals surface area contributed by atoms with Crippen LogP contribution in [0.1, 0.15) is 0 Å². The summed E-state index contributed by atoms with van der Waals surface area (Å²) in [6.45, 7) is 0. The van der Waals surface area contributed by atoms with Gasteiger partial charge in [0.05, 0.1) is 0 Å². The van der Waals surface area contributed by atoms with Gasteiger partial charge >= 0.3 is 0 Å². The molecular weight excluding hydrogens is 629 g/mol. The Labute approximate surface area is 294 Å². The Hall–Kier alpha value is -6.43. The van der Waals surface area contributed by atoms with Gasteiger partial charge in [-0.1, -0.05) is 140 Å². The van der Waals surface area contributed by atoms with Crippen molar-refractivity contribution in [3.8, 4) is 45.3 Å². The van der Waals surface area contributed by atoms with E-state index in [4.69, 9.17) is 15.0 Å². The molecule has 7 aromatic carbocycles. The molecule has 0 aliphatic carbocycles. The Kier molecular flexibility index (Phi) is 7.65. The first kappa shape index (κ1) is 29.7. The third kappa shape index (κ3) is 5.60. The van der Waals surface area contributed by atoms with E-state index in [9.17, 15) is 0 Å². The molecule has 0 radical (unpaired) electrons. The van der Waals surface area contributed by atoms with Gasteiger partial charge in [0.1, 0.15) is 0 Å². The van der Waals surface area contributed by atoms with Crippen LogP contribution in [0.5, 0.6) is 0 Å². The molecule has 0 aliphatic rings. The number of aromatic nitrogens is 3. The highest BCUT2D eigenvalue weighted by molar-refractivity contribution is 7.26. The molecule has 2 heterocycles. The van der Waals surface area contributed by atoms with E-state index < -0.39 is 0 Å². The minimum Gasteiger partial charge on any atom is -0.310 e. The number of anilines is 3. The van der Waals surface area contributed by atoms with E-state index in [2.05, 4.69) is 126 Å². The summed E-state index contributed by atoms with van der Waals surface area (Å²) in [4.78, 5) is 17.4. The summed E-state index contributed by atoms with van der Waals surface area (Å²) in [6.07, 6.45) is 0. The molecule has 0 spiro atoms. The van der Waals surface area contributed by atoms with Gasteiger partial charge in [-0.25, -0.2) is 15.0 Å². The quantitative estimate of drug-likeness (QED) is 0.171. The number of para-hydroxylation sites is 1. The second kappa shape index (κ2) is 12.9. The van der Waals surface area contributed by atoms with E-state index >= 15 is 0 Å². The summed E-state index contributed by atoms with van der Waals surface area (Å²) in [5, 5.41) is 2.33. The second-order valence-electron chi connectivity index (χ2n) is 12.1. The molecule has 236 valence electrons. The molecule has 4 nitrogen and oxygen atoms in total. The summed E-state index contributed by atoms with van der Waals surface area (Å²) in [5.41, 5.74) is 8.61. The van der Waals surface area contributed by atoms with Crippen LogP contribution in [-0.4, -0.2) is 15.0 Å². The zero-order valence-corrected chi connectivity index (χ0v) is 27.8. The van der Waals surface area contributed by atoms with E-state index in [0.29, 0.717) is 17.5 Å². The fourth-order valence-corrected chi connectivity index (χ4v) is 7.69. The fraction of sp³-hybridized carbons (Fsp3) is 0. The van der Waals surface area contributed by atoms with Crippen LogP contribution in [0, 0.1) is 0 Å². The summed E-state index contributed by atoms with van der Waals surface area (Å²) in [7, 11) is 0. The number of nitrogens with zero attached hydrogens (tertiary/aromatic N) is 4. The molecule has 9 aromatic rings. The van der Waals surface area contributed by atoms with E-state index in [-0.39, 0.29) is 0 Å². The molecule has 0 saturated heterocycles. The van der Waals surface area contributed by atoms with Crippen molar-refractivity contribution >= 4 is 48.6 Å². The number of rotatable bonds is 7. The van der Waals surface area contributed by atoms with Gasteiger partial charge in [0.2, 0.25) is 0 Å². The molecule has 0 unspecified atom stereocenters. The highest BCUT2D eigenvalue weighted by Crippen LogP contribution is 2.43. The van der Waals surface area contributed by atoms with Crippen LogP contribution in [0.25, 0.3) is 65.5 Å². The summed E-state index contributed by atoms with van der Waals surface area (Å²) in [6, 6.07) is 63.4. The topological polar surface area (TPSA) is 41.9 Å². The van der Waals surface area contributed by atoms with Crippen molar-refractivity contribution in [2.75, 3.05) is 4.90 Å². The van der Waals surface area contributed by atoms with Crippen LogP contribution in [-0.2, 0) is 0 Å². The molecule has 0 saturated carbocycles. The molecule has 0 atom stereocenters. The number of hydrogen-bond donors (Lipinski definition) is 0. The minimum absolute atomic E-state index is 0.657. The van der Waals surface area contributed by atoms with Crippen LogP contribution in [0.4, 0.5) is 17.1 Å². The van der Waals surface area contributed by atoms with Gasteiger partial charge in [-0.2, -0.15) is 0 Å². The van der Waals surface area contributed by atoms with E-state index in [1.54, 1.807) is 11.3 Å². The lowest BCUT2D eigenvalue weighted by Crippen LogP contribution is -2.09. The Morgan fingerprint density at radius 1 is 0.360 bits per heavy atom. The van der Waals surface area contributed by atoms with E-state index in [1.165, 1.54) is 25.9 Å². The Balaban J connectivity index is 1.18.